The van der Waals surface area contributed by atoms with Crippen LogP contribution in [-0.4, -0.2) is 25.9 Å². The van der Waals surface area contributed by atoms with E-state index >= 15 is 0 Å². The van der Waals surface area contributed by atoms with Crippen LogP contribution in [0.2, 0.25) is 0 Å². The lowest BCUT2D eigenvalue weighted by molar-refractivity contribution is -0.116. The third-order valence-electron chi connectivity index (χ3n) is 4.30. The number of amides is 1. The van der Waals surface area contributed by atoms with Crippen LogP contribution in [0, 0.1) is 0 Å². The Balaban J connectivity index is 1.62. The lowest BCUT2D eigenvalue weighted by Gasteiger charge is -2.12. The average molecular weight is 359 g/mol. The molecule has 0 bridgehead atoms. The number of carbonyl (C=O) groups excluding carboxylic acids is 1. The summed E-state index contributed by atoms with van der Waals surface area (Å²) in [6.07, 6.45) is 3.97. The van der Waals surface area contributed by atoms with E-state index in [0.29, 0.717) is 43.1 Å². The summed E-state index contributed by atoms with van der Waals surface area (Å²) in [7, 11) is -3.73. The topological polar surface area (TPSA) is 97.4 Å². The van der Waals surface area contributed by atoms with Gasteiger partial charge in [-0.1, -0.05) is 0 Å². The Morgan fingerprint density at radius 3 is 2.88 bits per heavy atom. The molecule has 2 N–H and O–H groups in total. The van der Waals surface area contributed by atoms with Gasteiger partial charge in [0.15, 0.2) is 0 Å². The molecule has 1 amide bonds. The van der Waals surface area contributed by atoms with E-state index in [1.807, 2.05) is 0 Å². The minimum Gasteiger partial charge on any atom is -0.477 e. The predicted molar refractivity (Wildman–Crippen MR) is 92.3 cm³/mol. The van der Waals surface area contributed by atoms with E-state index in [2.05, 4.69) is 15.0 Å². The molecule has 2 aliphatic heterocycles. The number of aryl methyl sites for hydroxylation is 1. The number of pyridine rings is 1. The summed E-state index contributed by atoms with van der Waals surface area (Å²) in [6, 6.07) is 6.50. The maximum Gasteiger partial charge on any atom is 0.261 e. The second-order valence-corrected chi connectivity index (χ2v) is 7.80. The minimum absolute atomic E-state index is 0.0427. The maximum atomic E-state index is 12.7. The van der Waals surface area contributed by atoms with Crippen LogP contribution in [0.1, 0.15) is 24.0 Å². The number of rotatable bonds is 3. The molecule has 8 heteroatoms. The lowest BCUT2D eigenvalue weighted by atomic mass is 10.1. The van der Waals surface area contributed by atoms with Crippen LogP contribution in [0.4, 0.5) is 11.4 Å². The molecule has 0 atom stereocenters. The number of sulfonamides is 1. The van der Waals surface area contributed by atoms with Crippen LogP contribution in [-0.2, 0) is 27.7 Å². The van der Waals surface area contributed by atoms with E-state index in [1.54, 1.807) is 18.2 Å². The Morgan fingerprint density at radius 1 is 1.12 bits per heavy atom. The van der Waals surface area contributed by atoms with Crippen molar-refractivity contribution in [2.75, 3.05) is 16.6 Å². The zero-order valence-corrected chi connectivity index (χ0v) is 14.2. The molecule has 2 aromatic rings. The number of ether oxygens (including phenoxy) is 1. The second kappa shape index (κ2) is 6.03. The van der Waals surface area contributed by atoms with Gasteiger partial charge in [-0.25, -0.2) is 13.4 Å². The highest BCUT2D eigenvalue weighted by molar-refractivity contribution is 7.92. The van der Waals surface area contributed by atoms with Crippen molar-refractivity contribution in [1.29, 1.82) is 0 Å². The first-order valence-corrected chi connectivity index (χ1v) is 9.57. The zero-order valence-electron chi connectivity index (χ0n) is 13.4. The first-order valence-electron chi connectivity index (χ1n) is 8.09. The lowest BCUT2D eigenvalue weighted by Crippen LogP contribution is -2.14. The number of hydrogen-bond acceptors (Lipinski definition) is 5. The van der Waals surface area contributed by atoms with Crippen molar-refractivity contribution in [2.45, 2.75) is 30.6 Å². The zero-order chi connectivity index (χ0) is 17.4. The number of fused-ring (bicyclic) bond motifs is 2. The smallest absolute Gasteiger partial charge is 0.261 e. The molecule has 0 spiro atoms. The van der Waals surface area contributed by atoms with Gasteiger partial charge in [0.1, 0.15) is 0 Å². The van der Waals surface area contributed by atoms with Gasteiger partial charge in [-0.15, -0.1) is 0 Å². The SMILES string of the molecule is O=C1CCCc2cc(S(=O)(=O)Nc3cnc4c(c3)CCO4)ccc2N1. The molecule has 0 radical (unpaired) electrons. The first kappa shape index (κ1) is 15.9. The molecule has 7 nitrogen and oxygen atoms in total. The number of nitrogens with one attached hydrogen (secondary N) is 2. The number of carbonyl (C=O) groups is 1. The number of hydrogen-bond donors (Lipinski definition) is 2. The fourth-order valence-corrected chi connectivity index (χ4v) is 4.14. The van der Waals surface area contributed by atoms with Gasteiger partial charge in [0, 0.05) is 24.1 Å². The Bertz CT molecular complexity index is 956. The number of benzene rings is 1. The van der Waals surface area contributed by atoms with Gasteiger partial charge in [0.25, 0.3) is 10.0 Å². The van der Waals surface area contributed by atoms with Crippen molar-refractivity contribution in [3.63, 3.8) is 0 Å². The van der Waals surface area contributed by atoms with Crippen molar-refractivity contribution in [2.24, 2.45) is 0 Å². The molecule has 0 fully saturated rings. The molecule has 0 unspecified atom stereocenters. The molecule has 25 heavy (non-hydrogen) atoms. The largest absolute Gasteiger partial charge is 0.477 e. The number of anilines is 2. The Labute approximate surface area is 145 Å². The third kappa shape index (κ3) is 3.17. The second-order valence-electron chi connectivity index (χ2n) is 6.11. The monoisotopic (exact) mass is 359 g/mol. The van der Waals surface area contributed by atoms with E-state index < -0.39 is 10.0 Å². The van der Waals surface area contributed by atoms with Crippen molar-refractivity contribution < 1.29 is 17.9 Å². The highest BCUT2D eigenvalue weighted by Crippen LogP contribution is 2.28. The van der Waals surface area contributed by atoms with E-state index in [-0.39, 0.29) is 10.8 Å². The van der Waals surface area contributed by atoms with Crippen LogP contribution in [0.5, 0.6) is 5.88 Å². The summed E-state index contributed by atoms with van der Waals surface area (Å²) in [5.41, 5.74) is 2.81. The van der Waals surface area contributed by atoms with Gasteiger partial charge in [-0.2, -0.15) is 0 Å². The fourth-order valence-electron chi connectivity index (χ4n) is 3.05. The molecule has 0 aliphatic carbocycles. The Morgan fingerprint density at radius 2 is 2.00 bits per heavy atom. The molecular formula is C17H17N3O4S. The van der Waals surface area contributed by atoms with E-state index in [4.69, 9.17) is 4.74 Å². The van der Waals surface area contributed by atoms with Gasteiger partial charge < -0.3 is 10.1 Å². The highest BCUT2D eigenvalue weighted by atomic mass is 32.2. The van der Waals surface area contributed by atoms with Crippen molar-refractivity contribution in [1.82, 2.24) is 4.98 Å². The molecule has 0 saturated carbocycles. The predicted octanol–water partition coefficient (Wildman–Crippen LogP) is 2.09. The number of nitrogens with zero attached hydrogens (tertiary/aromatic N) is 1. The normalized spacial score (nSPS) is 16.2. The summed E-state index contributed by atoms with van der Waals surface area (Å²) < 4.78 is 33.3. The maximum absolute atomic E-state index is 12.7. The molecular weight excluding hydrogens is 342 g/mol. The highest BCUT2D eigenvalue weighted by Gasteiger charge is 2.20. The van der Waals surface area contributed by atoms with Crippen LogP contribution < -0.4 is 14.8 Å². The standard InChI is InChI=1S/C17H17N3O4S/c21-16-3-1-2-11-9-14(4-5-15(11)19-16)25(22,23)20-13-8-12-6-7-24-17(12)18-10-13/h4-5,8-10,20H,1-3,6-7H2,(H,19,21). The van der Waals surface area contributed by atoms with Gasteiger partial charge in [-0.05, 0) is 42.7 Å². The van der Waals surface area contributed by atoms with Crippen molar-refractivity contribution in [3.8, 4) is 5.88 Å². The summed E-state index contributed by atoms with van der Waals surface area (Å²) >= 11 is 0. The summed E-state index contributed by atoms with van der Waals surface area (Å²) in [6.45, 7) is 0.565. The van der Waals surface area contributed by atoms with Gasteiger partial charge in [0.2, 0.25) is 11.8 Å². The average Bonchev–Trinajstić information content (AvgIpc) is 2.95. The molecule has 2 aliphatic rings. The van der Waals surface area contributed by atoms with E-state index in [1.165, 1.54) is 12.3 Å². The summed E-state index contributed by atoms with van der Waals surface area (Å²) in [4.78, 5) is 15.9. The van der Waals surface area contributed by atoms with Gasteiger partial charge >= 0.3 is 0 Å². The first-order chi connectivity index (χ1) is 12.0. The fraction of sp³-hybridized carbons (Fsp3) is 0.294. The van der Waals surface area contributed by atoms with Crippen LogP contribution >= 0.6 is 0 Å². The molecule has 4 rings (SSSR count). The Kier molecular flexibility index (Phi) is 3.84. The molecule has 3 heterocycles. The molecule has 1 aromatic heterocycles. The third-order valence-corrected chi connectivity index (χ3v) is 5.68. The Hall–Kier alpha value is -2.61. The number of aromatic nitrogens is 1. The quantitative estimate of drug-likeness (QED) is 0.875. The molecule has 0 saturated heterocycles. The van der Waals surface area contributed by atoms with E-state index in [0.717, 1.165) is 17.5 Å². The molecule has 130 valence electrons. The van der Waals surface area contributed by atoms with E-state index in [9.17, 15) is 13.2 Å². The summed E-state index contributed by atoms with van der Waals surface area (Å²) in [5, 5.41) is 2.80. The molecule has 1 aromatic carbocycles. The van der Waals surface area contributed by atoms with Crippen molar-refractivity contribution in [3.05, 3.63) is 41.6 Å². The minimum atomic E-state index is -3.73. The van der Waals surface area contributed by atoms with Crippen LogP contribution in [0.25, 0.3) is 0 Å². The van der Waals surface area contributed by atoms with Gasteiger partial charge in [0.05, 0.1) is 23.4 Å². The van der Waals surface area contributed by atoms with Crippen LogP contribution in [0.15, 0.2) is 35.4 Å². The van der Waals surface area contributed by atoms with Crippen molar-refractivity contribution >= 4 is 27.3 Å². The summed E-state index contributed by atoms with van der Waals surface area (Å²) in [5.74, 6) is 0.516. The van der Waals surface area contributed by atoms with Crippen LogP contribution in [0.3, 0.4) is 0 Å². The van der Waals surface area contributed by atoms with Gasteiger partial charge in [-0.3, -0.25) is 9.52 Å².